The van der Waals surface area contributed by atoms with E-state index < -0.39 is 11.1 Å². The highest BCUT2D eigenvalue weighted by molar-refractivity contribution is 5.99. The Kier molecular flexibility index (Phi) is 5.56. The number of anilines is 1. The van der Waals surface area contributed by atoms with Crippen LogP contribution in [0.5, 0.6) is 11.5 Å². The lowest BCUT2D eigenvalue weighted by Crippen LogP contribution is -2.22. The van der Waals surface area contributed by atoms with Crippen molar-refractivity contribution in [2.24, 2.45) is 0 Å². The molecule has 3 aromatic heterocycles. The van der Waals surface area contributed by atoms with Crippen LogP contribution in [0.2, 0.25) is 0 Å². The maximum Gasteiger partial charge on any atom is 0.275 e. The van der Waals surface area contributed by atoms with Crippen LogP contribution in [0.15, 0.2) is 64.2 Å². The molecule has 0 amide bonds. The highest BCUT2D eigenvalue weighted by Gasteiger charge is 2.27. The van der Waals surface area contributed by atoms with Crippen molar-refractivity contribution >= 4 is 28.5 Å². The van der Waals surface area contributed by atoms with Gasteiger partial charge in [-0.3, -0.25) is 19.7 Å². The van der Waals surface area contributed by atoms with E-state index in [0.717, 1.165) is 56.8 Å². The molecule has 0 atom stereocenters. The van der Waals surface area contributed by atoms with Crippen molar-refractivity contribution in [2.45, 2.75) is 12.8 Å². The third-order valence-corrected chi connectivity index (χ3v) is 6.68. The standard InChI is InChI=1S/C28H24N6O4/c1-37-18-8-3-15(4-9-18)13-17-7-12-20-23(16-5-10-19(38-2)11-6-16)24-26(30-25(17)20)31-28(32-27(24)36)34-22(35)14-21(29)33-34/h3-6,8-11,13-14,33H,7,12,29H2,1-2H3,(H,30,31,32,36)/b17-13+. The Balaban J connectivity index is 1.61. The number of H-pyrrole nitrogens is 2. The van der Waals surface area contributed by atoms with Gasteiger partial charge >= 0.3 is 0 Å². The molecule has 10 nitrogen and oxygen atoms in total. The molecule has 0 saturated carbocycles. The average Bonchev–Trinajstić information content (AvgIpc) is 3.49. The molecule has 0 saturated heterocycles. The number of benzene rings is 2. The number of rotatable bonds is 5. The molecule has 0 radical (unpaired) electrons. The molecule has 10 heteroatoms. The average molecular weight is 509 g/mol. The molecular formula is C28H24N6O4. The summed E-state index contributed by atoms with van der Waals surface area (Å²) in [5.41, 5.74) is 10.5. The van der Waals surface area contributed by atoms with Crippen LogP contribution in [0, 0.1) is 0 Å². The number of ether oxygens (including phenoxy) is 2. The number of hydrogen-bond acceptors (Lipinski definition) is 7. The zero-order valence-electron chi connectivity index (χ0n) is 20.7. The smallest absolute Gasteiger partial charge is 0.275 e. The van der Waals surface area contributed by atoms with Gasteiger partial charge in [-0.25, -0.2) is 4.98 Å². The molecule has 3 heterocycles. The van der Waals surface area contributed by atoms with Gasteiger partial charge < -0.3 is 15.2 Å². The van der Waals surface area contributed by atoms with Gasteiger partial charge in [-0.05, 0) is 65.4 Å². The fourth-order valence-corrected chi connectivity index (χ4v) is 4.88. The van der Waals surface area contributed by atoms with Crippen molar-refractivity contribution in [3.8, 4) is 28.6 Å². The van der Waals surface area contributed by atoms with Crippen LogP contribution in [-0.4, -0.2) is 39.0 Å². The predicted octanol–water partition coefficient (Wildman–Crippen LogP) is 3.55. The summed E-state index contributed by atoms with van der Waals surface area (Å²) in [5, 5.41) is 3.06. The summed E-state index contributed by atoms with van der Waals surface area (Å²) in [4.78, 5) is 38.0. The predicted molar refractivity (Wildman–Crippen MR) is 146 cm³/mol. The van der Waals surface area contributed by atoms with E-state index in [0.29, 0.717) is 11.1 Å². The third kappa shape index (κ3) is 3.92. The summed E-state index contributed by atoms with van der Waals surface area (Å²) in [5.74, 6) is 1.65. The molecule has 4 N–H and O–H groups in total. The number of aromatic nitrogens is 5. The van der Waals surface area contributed by atoms with Crippen LogP contribution in [0.1, 0.15) is 23.2 Å². The van der Waals surface area contributed by atoms with Crippen molar-refractivity contribution in [3.05, 3.63) is 92.1 Å². The number of methoxy groups -OCH3 is 2. The van der Waals surface area contributed by atoms with Gasteiger partial charge in [0.15, 0.2) is 5.65 Å². The molecule has 6 rings (SSSR count). The Morgan fingerprint density at radius 2 is 1.63 bits per heavy atom. The van der Waals surface area contributed by atoms with E-state index in [2.05, 4.69) is 21.1 Å². The fraction of sp³-hybridized carbons (Fsp3) is 0.143. The van der Waals surface area contributed by atoms with Gasteiger partial charge in [-0.2, -0.15) is 9.67 Å². The number of nitrogens with one attached hydrogen (secondary N) is 2. The van der Waals surface area contributed by atoms with E-state index >= 15 is 0 Å². The van der Waals surface area contributed by atoms with E-state index in [1.165, 1.54) is 6.07 Å². The lowest BCUT2D eigenvalue weighted by molar-refractivity contribution is 0.414. The van der Waals surface area contributed by atoms with E-state index in [1.54, 1.807) is 14.2 Å². The Morgan fingerprint density at radius 3 is 2.26 bits per heavy atom. The van der Waals surface area contributed by atoms with Crippen molar-refractivity contribution in [1.29, 1.82) is 0 Å². The first-order chi connectivity index (χ1) is 18.4. The van der Waals surface area contributed by atoms with Crippen LogP contribution in [-0.2, 0) is 6.42 Å². The number of fused-ring (bicyclic) bond motifs is 2. The van der Waals surface area contributed by atoms with Crippen molar-refractivity contribution in [1.82, 2.24) is 24.7 Å². The van der Waals surface area contributed by atoms with E-state index in [4.69, 9.17) is 20.2 Å². The van der Waals surface area contributed by atoms with Gasteiger partial charge in [0.2, 0.25) is 5.95 Å². The second-order valence-electron chi connectivity index (χ2n) is 8.96. The van der Waals surface area contributed by atoms with Gasteiger partial charge in [-0.15, -0.1) is 0 Å². The Bertz CT molecular complexity index is 1830. The van der Waals surface area contributed by atoms with Crippen molar-refractivity contribution in [3.63, 3.8) is 0 Å². The van der Waals surface area contributed by atoms with Gasteiger partial charge in [0.05, 0.1) is 25.3 Å². The summed E-state index contributed by atoms with van der Waals surface area (Å²) in [6, 6.07) is 16.6. The van der Waals surface area contributed by atoms with E-state index in [1.807, 2.05) is 48.5 Å². The number of allylic oxidation sites excluding steroid dienone is 1. The maximum atomic E-state index is 13.5. The number of nitrogens with two attached hydrogens (primary N) is 1. The van der Waals surface area contributed by atoms with Crippen LogP contribution >= 0.6 is 0 Å². The summed E-state index contributed by atoms with van der Waals surface area (Å²) >= 11 is 0. The number of hydrogen-bond donors (Lipinski definition) is 3. The lowest BCUT2D eigenvalue weighted by atomic mass is 9.96. The molecule has 2 aromatic carbocycles. The molecule has 1 aliphatic carbocycles. The minimum Gasteiger partial charge on any atom is -0.497 e. The van der Waals surface area contributed by atoms with Gasteiger partial charge in [0.25, 0.3) is 11.1 Å². The zero-order valence-corrected chi connectivity index (χ0v) is 20.7. The van der Waals surface area contributed by atoms with Crippen LogP contribution in [0.4, 0.5) is 5.82 Å². The number of nitrogens with zero attached hydrogens (tertiary/aromatic N) is 3. The van der Waals surface area contributed by atoms with E-state index in [9.17, 15) is 9.59 Å². The first-order valence-corrected chi connectivity index (χ1v) is 12.0. The molecule has 0 aliphatic heterocycles. The largest absolute Gasteiger partial charge is 0.497 e. The zero-order chi connectivity index (χ0) is 26.4. The van der Waals surface area contributed by atoms with E-state index in [-0.39, 0.29) is 17.4 Å². The maximum absolute atomic E-state index is 13.5. The monoisotopic (exact) mass is 508 g/mol. The quantitative estimate of drug-likeness (QED) is 0.330. The molecule has 190 valence electrons. The summed E-state index contributed by atoms with van der Waals surface area (Å²) in [7, 11) is 3.24. The number of pyridine rings is 1. The Morgan fingerprint density at radius 1 is 0.947 bits per heavy atom. The topological polar surface area (TPSA) is 141 Å². The SMILES string of the molecule is COc1ccc(/C=C2\CCc3c2nc2nc(-n4[nH]c(N)cc4=O)[nH]c(=O)c2c3-c2ccc(OC)cc2)cc1. The molecule has 5 aromatic rings. The summed E-state index contributed by atoms with van der Waals surface area (Å²) < 4.78 is 11.7. The first kappa shape index (κ1) is 23.3. The molecule has 1 aliphatic rings. The summed E-state index contributed by atoms with van der Waals surface area (Å²) in [6.07, 6.45) is 3.56. The molecular weight excluding hydrogens is 484 g/mol. The van der Waals surface area contributed by atoms with Gasteiger partial charge in [-0.1, -0.05) is 24.3 Å². The Labute approximate surface area is 216 Å². The molecule has 0 unspecified atom stereocenters. The van der Waals surface area contributed by atoms with Crippen LogP contribution in [0.25, 0.3) is 39.8 Å². The third-order valence-electron chi connectivity index (χ3n) is 6.68. The highest BCUT2D eigenvalue weighted by atomic mass is 16.5. The van der Waals surface area contributed by atoms with Crippen LogP contribution in [0.3, 0.4) is 0 Å². The van der Waals surface area contributed by atoms with Crippen molar-refractivity contribution < 1.29 is 9.47 Å². The van der Waals surface area contributed by atoms with Crippen molar-refractivity contribution in [2.75, 3.05) is 20.0 Å². The Hall–Kier alpha value is -5.12. The normalized spacial score (nSPS) is 13.7. The second kappa shape index (κ2) is 9.07. The molecule has 0 bridgehead atoms. The lowest BCUT2D eigenvalue weighted by Gasteiger charge is -2.13. The molecule has 0 fully saturated rings. The van der Waals surface area contributed by atoms with Crippen LogP contribution < -0.4 is 26.3 Å². The number of nitrogen functional groups attached to an aromatic ring is 1. The molecule has 0 spiro atoms. The second-order valence-corrected chi connectivity index (χ2v) is 8.96. The molecule has 38 heavy (non-hydrogen) atoms. The fourth-order valence-electron chi connectivity index (χ4n) is 4.88. The minimum atomic E-state index is -0.443. The number of aromatic amines is 2. The minimum absolute atomic E-state index is 0.0102. The van der Waals surface area contributed by atoms with Gasteiger partial charge in [0, 0.05) is 11.6 Å². The highest BCUT2D eigenvalue weighted by Crippen LogP contribution is 2.41. The first-order valence-electron chi connectivity index (χ1n) is 12.0. The van der Waals surface area contributed by atoms with Gasteiger partial charge in [0.1, 0.15) is 17.3 Å². The summed E-state index contributed by atoms with van der Waals surface area (Å²) in [6.45, 7) is 0.